The molecule has 0 N–H and O–H groups in total. The Labute approximate surface area is 212 Å². The normalized spacial score (nSPS) is 11.5. The predicted octanol–water partition coefficient (Wildman–Crippen LogP) is 7.11. The summed E-state index contributed by atoms with van der Waals surface area (Å²) in [6.07, 6.45) is 0. The summed E-state index contributed by atoms with van der Waals surface area (Å²) in [6, 6.07) is 30.4. The van der Waals surface area contributed by atoms with Crippen molar-refractivity contribution >= 4 is 17.1 Å². The molecule has 0 atom stereocenters. The SMILES string of the molecule is COC(=O)c1ccc(/C(=C(/c2ccc(C)cc2)c2ccc(OC)cc2)c2ccc(OC)cc2)c(C)c1. The summed E-state index contributed by atoms with van der Waals surface area (Å²) in [4.78, 5) is 12.2. The second kappa shape index (κ2) is 11.0. The van der Waals surface area contributed by atoms with Crippen LogP contribution in [0.15, 0.2) is 91.0 Å². The molecule has 0 saturated heterocycles. The number of hydrogen-bond donors (Lipinski definition) is 0. The molecule has 0 bridgehead atoms. The average Bonchev–Trinajstić information content (AvgIpc) is 2.92. The first-order valence-electron chi connectivity index (χ1n) is 11.7. The number of carbonyl (C=O) groups excluding carboxylic acids is 1. The lowest BCUT2D eigenvalue weighted by Gasteiger charge is -2.20. The van der Waals surface area contributed by atoms with Gasteiger partial charge < -0.3 is 14.2 Å². The highest BCUT2D eigenvalue weighted by Gasteiger charge is 2.19. The van der Waals surface area contributed by atoms with Gasteiger partial charge in [-0.2, -0.15) is 0 Å². The lowest BCUT2D eigenvalue weighted by Crippen LogP contribution is -2.04. The fourth-order valence-corrected chi connectivity index (χ4v) is 4.31. The van der Waals surface area contributed by atoms with Crippen LogP contribution in [0.25, 0.3) is 11.1 Å². The molecule has 0 radical (unpaired) electrons. The van der Waals surface area contributed by atoms with Crippen LogP contribution in [0.4, 0.5) is 0 Å². The summed E-state index contributed by atoms with van der Waals surface area (Å²) >= 11 is 0. The van der Waals surface area contributed by atoms with Crippen LogP contribution in [0.3, 0.4) is 0 Å². The Morgan fingerprint density at radius 3 is 1.44 bits per heavy atom. The predicted molar refractivity (Wildman–Crippen MR) is 145 cm³/mol. The van der Waals surface area contributed by atoms with E-state index in [0.29, 0.717) is 5.56 Å². The van der Waals surface area contributed by atoms with Gasteiger partial charge in [-0.3, -0.25) is 0 Å². The molecule has 0 heterocycles. The van der Waals surface area contributed by atoms with Crippen LogP contribution in [0.1, 0.15) is 43.7 Å². The molecule has 0 fully saturated rings. The first kappa shape index (κ1) is 24.8. The van der Waals surface area contributed by atoms with Crippen molar-refractivity contribution in [1.82, 2.24) is 0 Å². The van der Waals surface area contributed by atoms with Gasteiger partial charge >= 0.3 is 5.97 Å². The van der Waals surface area contributed by atoms with Crippen molar-refractivity contribution in [2.45, 2.75) is 13.8 Å². The molecular weight excluding hydrogens is 448 g/mol. The van der Waals surface area contributed by atoms with Crippen molar-refractivity contribution in [3.63, 3.8) is 0 Å². The molecule has 0 unspecified atom stereocenters. The smallest absolute Gasteiger partial charge is 0.337 e. The molecule has 36 heavy (non-hydrogen) atoms. The van der Waals surface area contributed by atoms with Crippen LogP contribution in [0.2, 0.25) is 0 Å². The van der Waals surface area contributed by atoms with Crippen LogP contribution in [0, 0.1) is 13.8 Å². The van der Waals surface area contributed by atoms with E-state index in [1.54, 1.807) is 14.2 Å². The molecule has 4 heteroatoms. The van der Waals surface area contributed by atoms with E-state index in [9.17, 15) is 4.79 Å². The van der Waals surface area contributed by atoms with E-state index in [4.69, 9.17) is 14.2 Å². The summed E-state index contributed by atoms with van der Waals surface area (Å²) < 4.78 is 15.8. The molecule has 0 aliphatic rings. The van der Waals surface area contributed by atoms with Gasteiger partial charge in [-0.05, 0) is 89.2 Å². The van der Waals surface area contributed by atoms with E-state index in [1.807, 2.05) is 49.4 Å². The second-order valence-corrected chi connectivity index (χ2v) is 8.59. The molecule has 0 saturated carbocycles. The Hall–Kier alpha value is -4.31. The third kappa shape index (κ3) is 5.18. The first-order chi connectivity index (χ1) is 17.4. The van der Waals surface area contributed by atoms with Crippen molar-refractivity contribution < 1.29 is 19.0 Å². The van der Waals surface area contributed by atoms with Gasteiger partial charge in [-0.1, -0.05) is 60.2 Å². The Kier molecular flexibility index (Phi) is 7.55. The molecule has 4 rings (SSSR count). The van der Waals surface area contributed by atoms with E-state index in [2.05, 4.69) is 55.5 Å². The molecule has 0 aliphatic carbocycles. The molecule has 0 spiro atoms. The zero-order chi connectivity index (χ0) is 25.7. The van der Waals surface area contributed by atoms with Crippen LogP contribution in [-0.2, 0) is 4.74 Å². The van der Waals surface area contributed by atoms with Crippen LogP contribution >= 0.6 is 0 Å². The van der Waals surface area contributed by atoms with Gasteiger partial charge in [-0.15, -0.1) is 0 Å². The minimum Gasteiger partial charge on any atom is -0.497 e. The third-order valence-corrected chi connectivity index (χ3v) is 6.26. The molecule has 4 nitrogen and oxygen atoms in total. The molecule has 0 amide bonds. The van der Waals surface area contributed by atoms with Crippen LogP contribution < -0.4 is 9.47 Å². The van der Waals surface area contributed by atoms with Gasteiger partial charge in [0.05, 0.1) is 26.9 Å². The zero-order valence-electron chi connectivity index (χ0n) is 21.3. The third-order valence-electron chi connectivity index (χ3n) is 6.26. The van der Waals surface area contributed by atoms with Crippen molar-refractivity contribution in [2.24, 2.45) is 0 Å². The highest BCUT2D eigenvalue weighted by molar-refractivity contribution is 6.05. The molecule has 0 aromatic heterocycles. The molecule has 4 aromatic rings. The largest absolute Gasteiger partial charge is 0.497 e. The van der Waals surface area contributed by atoms with E-state index >= 15 is 0 Å². The molecule has 182 valence electrons. The number of rotatable bonds is 7. The minimum atomic E-state index is -0.353. The fraction of sp³-hybridized carbons (Fsp3) is 0.156. The Morgan fingerprint density at radius 1 is 0.556 bits per heavy atom. The van der Waals surface area contributed by atoms with Crippen molar-refractivity contribution in [3.8, 4) is 11.5 Å². The quantitative estimate of drug-likeness (QED) is 0.210. The number of carbonyl (C=O) groups is 1. The number of aryl methyl sites for hydroxylation is 2. The summed E-state index contributed by atoms with van der Waals surface area (Å²) in [5.41, 5.74) is 9.04. The van der Waals surface area contributed by atoms with Gasteiger partial charge in [0.15, 0.2) is 0 Å². The fourth-order valence-electron chi connectivity index (χ4n) is 4.31. The molecular formula is C32H30O4. The number of hydrogen-bond acceptors (Lipinski definition) is 4. The number of benzene rings is 4. The lowest BCUT2D eigenvalue weighted by atomic mass is 9.83. The maximum atomic E-state index is 12.2. The van der Waals surface area contributed by atoms with Crippen molar-refractivity contribution in [3.05, 3.63) is 130 Å². The van der Waals surface area contributed by atoms with Crippen LogP contribution in [-0.4, -0.2) is 27.3 Å². The van der Waals surface area contributed by atoms with Gasteiger partial charge in [0.25, 0.3) is 0 Å². The Morgan fingerprint density at radius 2 is 1.00 bits per heavy atom. The maximum absolute atomic E-state index is 12.2. The lowest BCUT2D eigenvalue weighted by molar-refractivity contribution is 0.0600. The molecule has 4 aromatic carbocycles. The molecule has 0 aliphatic heterocycles. The maximum Gasteiger partial charge on any atom is 0.337 e. The average molecular weight is 479 g/mol. The summed E-state index contributed by atoms with van der Waals surface area (Å²) in [5.74, 6) is 1.23. The number of ether oxygens (including phenoxy) is 3. The number of methoxy groups -OCH3 is 3. The van der Waals surface area contributed by atoms with E-state index in [1.165, 1.54) is 12.7 Å². The Balaban J connectivity index is 2.07. The summed E-state index contributed by atoms with van der Waals surface area (Å²) in [6.45, 7) is 4.10. The topological polar surface area (TPSA) is 44.8 Å². The van der Waals surface area contributed by atoms with Gasteiger partial charge in [0.2, 0.25) is 0 Å². The zero-order valence-corrected chi connectivity index (χ0v) is 21.3. The standard InChI is InChI=1S/C32H30O4/c1-21-6-8-23(9-7-21)30(24-10-15-27(34-3)16-11-24)31(25-12-17-28(35-4)18-13-25)29-19-14-26(20-22(29)2)32(33)36-5/h6-20H,1-5H3/b31-30-. The highest BCUT2D eigenvalue weighted by Crippen LogP contribution is 2.39. The van der Waals surface area contributed by atoms with Gasteiger partial charge in [0.1, 0.15) is 11.5 Å². The summed E-state index contributed by atoms with van der Waals surface area (Å²) in [5, 5.41) is 0. The van der Waals surface area contributed by atoms with E-state index < -0.39 is 0 Å². The van der Waals surface area contributed by atoms with Crippen molar-refractivity contribution in [2.75, 3.05) is 21.3 Å². The minimum absolute atomic E-state index is 0.353. The first-order valence-corrected chi connectivity index (χ1v) is 11.7. The highest BCUT2D eigenvalue weighted by atomic mass is 16.5. The van der Waals surface area contributed by atoms with Gasteiger partial charge in [-0.25, -0.2) is 4.79 Å². The van der Waals surface area contributed by atoms with Crippen molar-refractivity contribution in [1.29, 1.82) is 0 Å². The van der Waals surface area contributed by atoms with Gasteiger partial charge in [0, 0.05) is 0 Å². The van der Waals surface area contributed by atoms with E-state index in [0.717, 1.165) is 50.5 Å². The Bertz CT molecular complexity index is 1380. The van der Waals surface area contributed by atoms with E-state index in [-0.39, 0.29) is 5.97 Å². The summed E-state index contributed by atoms with van der Waals surface area (Å²) in [7, 11) is 4.73. The van der Waals surface area contributed by atoms with Crippen LogP contribution in [0.5, 0.6) is 11.5 Å². The monoisotopic (exact) mass is 478 g/mol. The second-order valence-electron chi connectivity index (χ2n) is 8.59. The number of esters is 1.